The molecule has 2 saturated heterocycles. The number of aliphatic hydroxyl groups is 1. The molecule has 110 valence electrons. The molecule has 2 aliphatic rings. The number of likely N-dealkylation sites (tertiary alicyclic amines) is 1. The Morgan fingerprint density at radius 2 is 2.00 bits per heavy atom. The second-order valence-electron chi connectivity index (χ2n) is 6.39. The van der Waals surface area contributed by atoms with Gasteiger partial charge in [0.2, 0.25) is 0 Å². The van der Waals surface area contributed by atoms with Crippen LogP contribution in [-0.2, 0) is 14.6 Å². The number of hydrogen-bond donors (Lipinski definition) is 1. The maximum Gasteiger partial charge on any atom is 0.410 e. The zero-order chi connectivity index (χ0) is 14.5. The molecule has 7 heteroatoms. The lowest BCUT2D eigenvalue weighted by molar-refractivity contribution is -0.00687. The van der Waals surface area contributed by atoms with Gasteiger partial charge >= 0.3 is 6.09 Å². The number of nitrogens with zero attached hydrogens (tertiary/aromatic N) is 1. The van der Waals surface area contributed by atoms with Gasteiger partial charge in [0.05, 0.1) is 5.75 Å². The molecule has 1 unspecified atom stereocenters. The van der Waals surface area contributed by atoms with Crippen LogP contribution in [0.1, 0.15) is 27.2 Å². The summed E-state index contributed by atoms with van der Waals surface area (Å²) in [4.78, 5) is 13.2. The highest BCUT2D eigenvalue weighted by atomic mass is 32.2. The first-order valence-corrected chi connectivity index (χ1v) is 8.08. The Kier molecular flexibility index (Phi) is 3.33. The summed E-state index contributed by atoms with van der Waals surface area (Å²) in [5.41, 5.74) is -0.592. The molecule has 0 aliphatic carbocycles. The molecule has 0 radical (unpaired) electrons. The molecule has 1 atom stereocenters. The second kappa shape index (κ2) is 4.34. The minimum absolute atomic E-state index is 0.0976. The number of sulfone groups is 1. The Balaban J connectivity index is 2.07. The van der Waals surface area contributed by atoms with Crippen LogP contribution in [0.3, 0.4) is 0 Å². The average molecular weight is 291 g/mol. The van der Waals surface area contributed by atoms with Crippen LogP contribution in [0.5, 0.6) is 0 Å². The van der Waals surface area contributed by atoms with E-state index < -0.39 is 26.3 Å². The molecule has 0 bridgehead atoms. The van der Waals surface area contributed by atoms with E-state index in [1.165, 1.54) is 4.90 Å². The minimum atomic E-state index is -3.23. The van der Waals surface area contributed by atoms with Gasteiger partial charge in [-0.1, -0.05) is 0 Å². The Morgan fingerprint density at radius 1 is 1.42 bits per heavy atom. The van der Waals surface area contributed by atoms with Crippen molar-refractivity contribution < 1.29 is 23.1 Å². The molecule has 0 aromatic heterocycles. The number of carbonyl (C=O) groups is 1. The van der Waals surface area contributed by atoms with E-state index in [0.717, 1.165) is 0 Å². The molecule has 6 nitrogen and oxygen atoms in total. The highest BCUT2D eigenvalue weighted by Crippen LogP contribution is 2.44. The normalized spacial score (nSPS) is 28.2. The lowest BCUT2D eigenvalue weighted by Crippen LogP contribution is -2.69. The topological polar surface area (TPSA) is 83.9 Å². The summed E-state index contributed by atoms with van der Waals surface area (Å²) in [6.07, 6.45) is -0.0158. The molecule has 2 fully saturated rings. The van der Waals surface area contributed by atoms with Crippen molar-refractivity contribution >= 4 is 15.9 Å². The monoisotopic (exact) mass is 291 g/mol. The van der Waals surface area contributed by atoms with Gasteiger partial charge in [-0.15, -0.1) is 0 Å². The van der Waals surface area contributed by atoms with Crippen LogP contribution in [0.15, 0.2) is 0 Å². The fraction of sp³-hybridized carbons (Fsp3) is 0.917. The van der Waals surface area contributed by atoms with Gasteiger partial charge in [0.15, 0.2) is 9.84 Å². The highest BCUT2D eigenvalue weighted by molar-refractivity contribution is 7.93. The fourth-order valence-corrected chi connectivity index (χ4v) is 5.19. The third-order valence-electron chi connectivity index (χ3n) is 3.89. The maximum absolute atomic E-state index is 12.1. The van der Waals surface area contributed by atoms with Crippen LogP contribution in [0.25, 0.3) is 0 Å². The summed E-state index contributed by atoms with van der Waals surface area (Å²) in [7, 11) is -3.23. The van der Waals surface area contributed by atoms with Gasteiger partial charge in [0.25, 0.3) is 0 Å². The Bertz CT molecular complexity index is 473. The molecule has 2 rings (SSSR count). The van der Waals surface area contributed by atoms with E-state index in [1.54, 1.807) is 20.8 Å². The summed E-state index contributed by atoms with van der Waals surface area (Å²) in [6, 6.07) is 0. The van der Waals surface area contributed by atoms with Crippen LogP contribution in [0.2, 0.25) is 0 Å². The van der Waals surface area contributed by atoms with Crippen molar-refractivity contribution in [2.24, 2.45) is 5.92 Å². The molecular weight excluding hydrogens is 270 g/mol. The van der Waals surface area contributed by atoms with Crippen molar-refractivity contribution in [1.82, 2.24) is 4.90 Å². The summed E-state index contributed by atoms with van der Waals surface area (Å²) < 4.78 is 28.5. The highest BCUT2D eigenvalue weighted by Gasteiger charge is 2.62. The Labute approximate surface area is 113 Å². The molecule has 2 heterocycles. The summed E-state index contributed by atoms with van der Waals surface area (Å²) in [6.45, 7) is 5.42. The van der Waals surface area contributed by atoms with E-state index in [4.69, 9.17) is 4.74 Å². The molecule has 1 amide bonds. The molecule has 0 aromatic carbocycles. The van der Waals surface area contributed by atoms with Crippen molar-refractivity contribution in [2.45, 2.75) is 37.5 Å². The van der Waals surface area contributed by atoms with E-state index in [-0.39, 0.29) is 31.4 Å². The molecule has 19 heavy (non-hydrogen) atoms. The molecule has 0 saturated carbocycles. The standard InChI is InChI=1S/C12H21NO5S/c1-11(2,3)18-10(15)13-7-12(8-13)9(6-14)4-5-19(12,16)17/h9,14H,4-8H2,1-3H3. The average Bonchev–Trinajstić information content (AvgIpc) is 2.43. The van der Waals surface area contributed by atoms with Crippen molar-refractivity contribution in [3.8, 4) is 0 Å². The predicted octanol–water partition coefficient (Wildman–Crippen LogP) is 0.403. The summed E-state index contributed by atoms with van der Waals surface area (Å²) >= 11 is 0. The van der Waals surface area contributed by atoms with Gasteiger partial charge in [0, 0.05) is 25.6 Å². The first-order chi connectivity index (χ1) is 8.61. The fourth-order valence-electron chi connectivity index (χ4n) is 2.79. The number of carbonyl (C=O) groups excluding carboxylic acids is 1. The van der Waals surface area contributed by atoms with E-state index in [9.17, 15) is 18.3 Å². The van der Waals surface area contributed by atoms with Crippen LogP contribution < -0.4 is 0 Å². The van der Waals surface area contributed by atoms with Crippen molar-refractivity contribution in [1.29, 1.82) is 0 Å². The van der Waals surface area contributed by atoms with E-state index >= 15 is 0 Å². The summed E-state index contributed by atoms with van der Waals surface area (Å²) in [5.74, 6) is -0.170. The van der Waals surface area contributed by atoms with E-state index in [1.807, 2.05) is 0 Å². The van der Waals surface area contributed by atoms with Crippen molar-refractivity contribution in [2.75, 3.05) is 25.4 Å². The smallest absolute Gasteiger partial charge is 0.410 e. The van der Waals surface area contributed by atoms with Gasteiger partial charge in [-0.2, -0.15) is 0 Å². The number of ether oxygens (including phenoxy) is 1. The van der Waals surface area contributed by atoms with Gasteiger partial charge < -0.3 is 14.7 Å². The van der Waals surface area contributed by atoms with Crippen LogP contribution in [-0.4, -0.2) is 60.3 Å². The van der Waals surface area contributed by atoms with E-state index in [0.29, 0.717) is 6.42 Å². The Morgan fingerprint density at radius 3 is 2.47 bits per heavy atom. The number of hydrogen-bond acceptors (Lipinski definition) is 5. The largest absolute Gasteiger partial charge is 0.444 e. The lowest BCUT2D eigenvalue weighted by Gasteiger charge is -2.49. The minimum Gasteiger partial charge on any atom is -0.444 e. The van der Waals surface area contributed by atoms with Gasteiger partial charge in [-0.05, 0) is 27.2 Å². The molecule has 1 N–H and O–H groups in total. The van der Waals surface area contributed by atoms with E-state index in [2.05, 4.69) is 0 Å². The predicted molar refractivity (Wildman–Crippen MR) is 69.5 cm³/mol. The molecular formula is C12H21NO5S. The van der Waals surface area contributed by atoms with Crippen LogP contribution in [0, 0.1) is 5.92 Å². The second-order valence-corrected chi connectivity index (χ2v) is 8.84. The third kappa shape index (κ3) is 2.33. The quantitative estimate of drug-likeness (QED) is 0.756. The first-order valence-electron chi connectivity index (χ1n) is 6.42. The Hall–Kier alpha value is -0.820. The number of amides is 1. The van der Waals surface area contributed by atoms with Crippen LogP contribution in [0.4, 0.5) is 4.79 Å². The number of rotatable bonds is 1. The SMILES string of the molecule is CC(C)(C)OC(=O)N1CC2(C1)C(CO)CCS2(=O)=O. The first kappa shape index (κ1) is 14.6. The van der Waals surface area contributed by atoms with Gasteiger partial charge in [-0.25, -0.2) is 13.2 Å². The van der Waals surface area contributed by atoms with Gasteiger partial charge in [0.1, 0.15) is 10.3 Å². The van der Waals surface area contributed by atoms with Crippen molar-refractivity contribution in [3.05, 3.63) is 0 Å². The number of aliphatic hydroxyl groups excluding tert-OH is 1. The summed E-state index contributed by atoms with van der Waals surface area (Å²) in [5, 5.41) is 9.31. The van der Waals surface area contributed by atoms with Crippen LogP contribution >= 0.6 is 0 Å². The molecule has 2 aliphatic heterocycles. The van der Waals surface area contributed by atoms with Crippen molar-refractivity contribution in [3.63, 3.8) is 0 Å². The third-order valence-corrected chi connectivity index (χ3v) is 6.49. The zero-order valence-electron chi connectivity index (χ0n) is 11.5. The van der Waals surface area contributed by atoms with Gasteiger partial charge in [-0.3, -0.25) is 0 Å². The molecule has 0 aromatic rings. The lowest BCUT2D eigenvalue weighted by atomic mass is 9.84. The molecule has 1 spiro atoms. The maximum atomic E-state index is 12.1. The zero-order valence-corrected chi connectivity index (χ0v) is 12.4.